The normalized spacial score (nSPS) is 13.7. The molecule has 4 rings (SSSR count). The molecule has 3 aromatic rings. The smallest absolute Gasteiger partial charge is 0.227 e. The van der Waals surface area contributed by atoms with Crippen LogP contribution >= 0.6 is 0 Å². The molecule has 1 aromatic carbocycles. The standard InChI is InChI=1S/C18H18FN5O/c19-15-4-1-3-14(9-15)10-18(25)22-7-8-24-16(11-20-17(24)13-22)12-23-6-2-5-21-23/h1-6,9,11H,7-8,10,12-13H2. The minimum atomic E-state index is -0.317. The molecule has 7 heteroatoms. The fraction of sp³-hybridized carbons (Fsp3) is 0.278. The Labute approximate surface area is 144 Å². The Balaban J connectivity index is 1.44. The topological polar surface area (TPSA) is 56.0 Å². The number of benzene rings is 1. The average Bonchev–Trinajstić information content (AvgIpc) is 3.25. The molecule has 0 N–H and O–H groups in total. The second-order valence-electron chi connectivity index (χ2n) is 6.14. The molecule has 0 atom stereocenters. The van der Waals surface area contributed by atoms with Gasteiger partial charge < -0.3 is 9.47 Å². The molecule has 25 heavy (non-hydrogen) atoms. The number of carbonyl (C=O) groups is 1. The zero-order valence-corrected chi connectivity index (χ0v) is 13.7. The van der Waals surface area contributed by atoms with Crippen molar-refractivity contribution in [3.63, 3.8) is 0 Å². The van der Waals surface area contributed by atoms with Gasteiger partial charge in [0, 0.05) is 25.5 Å². The van der Waals surface area contributed by atoms with Crippen LogP contribution in [0.3, 0.4) is 0 Å². The lowest BCUT2D eigenvalue weighted by atomic mass is 10.1. The predicted molar refractivity (Wildman–Crippen MR) is 89.1 cm³/mol. The lowest BCUT2D eigenvalue weighted by Crippen LogP contribution is -2.39. The lowest BCUT2D eigenvalue weighted by Gasteiger charge is -2.28. The number of aromatic nitrogens is 4. The minimum Gasteiger partial charge on any atom is -0.333 e. The van der Waals surface area contributed by atoms with E-state index >= 15 is 0 Å². The van der Waals surface area contributed by atoms with E-state index in [0.29, 0.717) is 31.7 Å². The number of nitrogens with zero attached hydrogens (tertiary/aromatic N) is 5. The summed E-state index contributed by atoms with van der Waals surface area (Å²) in [4.78, 5) is 18.7. The molecule has 0 saturated carbocycles. The van der Waals surface area contributed by atoms with Gasteiger partial charge in [-0.25, -0.2) is 9.37 Å². The maximum atomic E-state index is 13.3. The number of amides is 1. The van der Waals surface area contributed by atoms with E-state index in [1.54, 1.807) is 23.2 Å². The maximum absolute atomic E-state index is 13.3. The molecule has 128 valence electrons. The van der Waals surface area contributed by atoms with Gasteiger partial charge in [0.25, 0.3) is 0 Å². The van der Waals surface area contributed by atoms with Gasteiger partial charge in [-0.15, -0.1) is 0 Å². The number of hydrogen-bond acceptors (Lipinski definition) is 3. The van der Waals surface area contributed by atoms with Crippen LogP contribution in [-0.4, -0.2) is 36.7 Å². The third-order valence-electron chi connectivity index (χ3n) is 4.43. The molecule has 6 nitrogen and oxygen atoms in total. The molecular formula is C18H18FN5O. The molecule has 1 aliphatic rings. The number of carbonyl (C=O) groups excluding carboxylic acids is 1. The summed E-state index contributed by atoms with van der Waals surface area (Å²) in [6, 6.07) is 8.08. The first-order chi connectivity index (χ1) is 12.2. The van der Waals surface area contributed by atoms with Crippen molar-refractivity contribution >= 4 is 5.91 Å². The largest absolute Gasteiger partial charge is 0.333 e. The van der Waals surface area contributed by atoms with Crippen LogP contribution in [0.15, 0.2) is 48.9 Å². The fourth-order valence-electron chi connectivity index (χ4n) is 3.16. The number of rotatable bonds is 4. The van der Waals surface area contributed by atoms with Crippen LogP contribution < -0.4 is 0 Å². The molecule has 3 heterocycles. The third kappa shape index (κ3) is 3.31. The Hall–Kier alpha value is -2.96. The number of imidazole rings is 1. The second kappa shape index (κ2) is 6.51. The molecule has 0 bridgehead atoms. The van der Waals surface area contributed by atoms with Crippen molar-refractivity contribution in [3.05, 3.63) is 71.8 Å². The summed E-state index contributed by atoms with van der Waals surface area (Å²) in [5.74, 6) is 0.553. The summed E-state index contributed by atoms with van der Waals surface area (Å²) in [5, 5.41) is 4.22. The highest BCUT2D eigenvalue weighted by atomic mass is 19.1. The minimum absolute atomic E-state index is 0.00604. The Bertz CT molecular complexity index is 887. The van der Waals surface area contributed by atoms with Crippen LogP contribution in [0.25, 0.3) is 0 Å². The first kappa shape index (κ1) is 15.6. The van der Waals surface area contributed by atoms with Crippen LogP contribution in [0.4, 0.5) is 4.39 Å². The summed E-state index contributed by atoms with van der Waals surface area (Å²) in [6.45, 7) is 2.48. The van der Waals surface area contributed by atoms with Crippen molar-refractivity contribution in [1.29, 1.82) is 0 Å². The van der Waals surface area contributed by atoms with Crippen LogP contribution in [0.1, 0.15) is 17.1 Å². The zero-order valence-electron chi connectivity index (χ0n) is 13.7. The number of halogens is 1. The Morgan fingerprint density at radius 3 is 2.96 bits per heavy atom. The van der Waals surface area contributed by atoms with E-state index in [1.807, 2.05) is 23.1 Å². The van der Waals surface area contributed by atoms with Crippen molar-refractivity contribution in [2.75, 3.05) is 6.54 Å². The Morgan fingerprint density at radius 2 is 2.16 bits per heavy atom. The summed E-state index contributed by atoms with van der Waals surface area (Å²) in [5.41, 5.74) is 1.77. The quantitative estimate of drug-likeness (QED) is 0.729. The third-order valence-corrected chi connectivity index (χ3v) is 4.43. The van der Waals surface area contributed by atoms with Crippen molar-refractivity contribution in [3.8, 4) is 0 Å². The molecule has 0 radical (unpaired) electrons. The molecule has 0 aliphatic carbocycles. The highest BCUT2D eigenvalue weighted by Crippen LogP contribution is 2.16. The summed E-state index contributed by atoms with van der Waals surface area (Å²) < 4.78 is 17.3. The fourth-order valence-corrected chi connectivity index (χ4v) is 3.16. The monoisotopic (exact) mass is 339 g/mol. The summed E-state index contributed by atoms with van der Waals surface area (Å²) in [6.07, 6.45) is 5.72. The average molecular weight is 339 g/mol. The van der Waals surface area contributed by atoms with E-state index in [1.165, 1.54) is 12.1 Å². The first-order valence-corrected chi connectivity index (χ1v) is 8.22. The molecule has 0 saturated heterocycles. The number of hydrogen-bond donors (Lipinski definition) is 0. The van der Waals surface area contributed by atoms with Gasteiger partial charge in [0.1, 0.15) is 11.6 Å². The Morgan fingerprint density at radius 1 is 1.24 bits per heavy atom. The van der Waals surface area contributed by atoms with E-state index in [4.69, 9.17) is 0 Å². The lowest BCUT2D eigenvalue weighted by molar-refractivity contribution is -0.132. The Kier molecular flexibility index (Phi) is 4.05. The highest BCUT2D eigenvalue weighted by molar-refractivity contribution is 5.78. The van der Waals surface area contributed by atoms with Crippen molar-refractivity contribution < 1.29 is 9.18 Å². The van der Waals surface area contributed by atoms with E-state index in [-0.39, 0.29) is 18.1 Å². The van der Waals surface area contributed by atoms with Crippen LogP contribution in [0.5, 0.6) is 0 Å². The SMILES string of the molecule is O=C(Cc1cccc(F)c1)N1CCn2c(Cn3cccn3)cnc2C1. The number of fused-ring (bicyclic) bond motifs is 1. The van der Waals surface area contributed by atoms with Crippen LogP contribution in [0, 0.1) is 5.82 Å². The van der Waals surface area contributed by atoms with E-state index in [2.05, 4.69) is 14.6 Å². The molecule has 1 aliphatic heterocycles. The molecular weight excluding hydrogens is 321 g/mol. The van der Waals surface area contributed by atoms with Gasteiger partial charge in [-0.2, -0.15) is 5.10 Å². The van der Waals surface area contributed by atoms with E-state index in [0.717, 1.165) is 11.5 Å². The van der Waals surface area contributed by atoms with Gasteiger partial charge in [0.2, 0.25) is 5.91 Å². The summed E-state index contributed by atoms with van der Waals surface area (Å²) in [7, 11) is 0. The first-order valence-electron chi connectivity index (χ1n) is 8.22. The van der Waals surface area contributed by atoms with Gasteiger partial charge in [0.15, 0.2) is 0 Å². The maximum Gasteiger partial charge on any atom is 0.227 e. The molecule has 0 unspecified atom stereocenters. The van der Waals surface area contributed by atoms with Gasteiger partial charge in [-0.05, 0) is 23.8 Å². The molecule has 2 aromatic heterocycles. The van der Waals surface area contributed by atoms with Crippen molar-refractivity contribution in [1.82, 2.24) is 24.2 Å². The molecule has 0 fully saturated rings. The molecule has 0 spiro atoms. The zero-order chi connectivity index (χ0) is 17.2. The highest BCUT2D eigenvalue weighted by Gasteiger charge is 2.23. The molecule has 1 amide bonds. The van der Waals surface area contributed by atoms with Crippen molar-refractivity contribution in [2.45, 2.75) is 26.1 Å². The summed E-state index contributed by atoms with van der Waals surface area (Å²) >= 11 is 0. The van der Waals surface area contributed by atoms with Gasteiger partial charge in [-0.1, -0.05) is 12.1 Å². The van der Waals surface area contributed by atoms with Gasteiger partial charge in [-0.3, -0.25) is 9.48 Å². The van der Waals surface area contributed by atoms with E-state index < -0.39 is 0 Å². The second-order valence-corrected chi connectivity index (χ2v) is 6.14. The predicted octanol–water partition coefficient (Wildman–Crippen LogP) is 1.85. The van der Waals surface area contributed by atoms with Gasteiger partial charge >= 0.3 is 0 Å². The van der Waals surface area contributed by atoms with Gasteiger partial charge in [0.05, 0.1) is 31.4 Å². The van der Waals surface area contributed by atoms with Crippen LogP contribution in [-0.2, 0) is 30.8 Å². The van der Waals surface area contributed by atoms with Crippen molar-refractivity contribution in [2.24, 2.45) is 0 Å². The van der Waals surface area contributed by atoms with E-state index in [9.17, 15) is 9.18 Å². The van der Waals surface area contributed by atoms with Crippen LogP contribution in [0.2, 0.25) is 0 Å².